The second kappa shape index (κ2) is 10.7. The monoisotopic (exact) mass is 519 g/mol. The van der Waals surface area contributed by atoms with Gasteiger partial charge in [0.2, 0.25) is 0 Å². The largest absolute Gasteiger partial charge is 0.485 e. The molecule has 3 aromatic rings. The average Bonchev–Trinajstić information content (AvgIpc) is 3.38. The van der Waals surface area contributed by atoms with Crippen LogP contribution in [0.3, 0.4) is 0 Å². The fourth-order valence-corrected chi connectivity index (χ4v) is 5.24. The molecular formula is C28H29N3O5S. The minimum Gasteiger partial charge on any atom is -0.485 e. The number of likely N-dealkylation sites (tertiary alicyclic amines) is 1. The van der Waals surface area contributed by atoms with Gasteiger partial charge in [0.15, 0.2) is 19.0 Å². The molecule has 9 heteroatoms. The molecule has 2 aliphatic heterocycles. The first-order valence-electron chi connectivity index (χ1n) is 12.4. The lowest BCUT2D eigenvalue weighted by atomic mass is 9.99. The second-order valence-corrected chi connectivity index (χ2v) is 10.5. The predicted molar refractivity (Wildman–Crippen MR) is 141 cm³/mol. The van der Waals surface area contributed by atoms with E-state index in [9.17, 15) is 14.4 Å². The molecule has 2 aromatic carbocycles. The fourth-order valence-electron chi connectivity index (χ4n) is 4.48. The highest BCUT2D eigenvalue weighted by Gasteiger charge is 2.29. The first-order chi connectivity index (χ1) is 17.9. The summed E-state index contributed by atoms with van der Waals surface area (Å²) in [6.45, 7) is 5.59. The molecule has 3 heterocycles. The zero-order valence-corrected chi connectivity index (χ0v) is 21.8. The summed E-state index contributed by atoms with van der Waals surface area (Å²) >= 11 is 1.35. The van der Waals surface area contributed by atoms with E-state index in [-0.39, 0.29) is 37.4 Å². The number of fused-ring (bicyclic) bond motifs is 1. The summed E-state index contributed by atoms with van der Waals surface area (Å²) in [5, 5.41) is 2.40. The number of hydrogen-bond acceptors (Lipinski definition) is 7. The number of benzene rings is 2. The van der Waals surface area contributed by atoms with E-state index in [0.717, 1.165) is 31.5 Å². The SMILES string of the molecule is Cc1ccccc1OCC(=O)c1ccc2c(c1)N(Cc1nc(C(=O)N3CCC(C)CC3)cs1)C(=O)CO2. The topological polar surface area (TPSA) is 89.0 Å². The molecule has 0 N–H and O–H groups in total. The number of thiazole rings is 1. The number of rotatable bonds is 7. The third kappa shape index (κ3) is 5.51. The summed E-state index contributed by atoms with van der Waals surface area (Å²) in [5.74, 6) is 1.30. The van der Waals surface area contributed by atoms with E-state index in [2.05, 4.69) is 11.9 Å². The maximum atomic E-state index is 12.9. The van der Waals surface area contributed by atoms with Gasteiger partial charge in [-0.25, -0.2) is 4.98 Å². The minimum atomic E-state index is -0.235. The van der Waals surface area contributed by atoms with Gasteiger partial charge in [-0.15, -0.1) is 11.3 Å². The molecule has 1 fully saturated rings. The summed E-state index contributed by atoms with van der Waals surface area (Å²) in [6.07, 6.45) is 2.00. The molecule has 0 atom stereocenters. The maximum Gasteiger partial charge on any atom is 0.273 e. The summed E-state index contributed by atoms with van der Waals surface area (Å²) < 4.78 is 11.3. The fraction of sp³-hybridized carbons (Fsp3) is 0.357. The van der Waals surface area contributed by atoms with E-state index in [1.807, 2.05) is 36.1 Å². The molecule has 8 nitrogen and oxygen atoms in total. The number of piperidine rings is 1. The van der Waals surface area contributed by atoms with Crippen LogP contribution in [0.4, 0.5) is 5.69 Å². The van der Waals surface area contributed by atoms with Gasteiger partial charge in [0, 0.05) is 24.0 Å². The Bertz CT molecular complexity index is 1330. The number of amides is 2. The molecule has 1 saturated heterocycles. The number of para-hydroxylation sites is 1. The van der Waals surface area contributed by atoms with Crippen molar-refractivity contribution < 1.29 is 23.9 Å². The van der Waals surface area contributed by atoms with Crippen LogP contribution in [-0.2, 0) is 11.3 Å². The lowest BCUT2D eigenvalue weighted by molar-refractivity contribution is -0.121. The summed E-state index contributed by atoms with van der Waals surface area (Å²) in [6, 6.07) is 12.5. The van der Waals surface area contributed by atoms with Crippen molar-refractivity contribution in [2.75, 3.05) is 31.2 Å². The van der Waals surface area contributed by atoms with Gasteiger partial charge >= 0.3 is 0 Å². The number of ether oxygens (including phenoxy) is 2. The van der Waals surface area contributed by atoms with Crippen molar-refractivity contribution in [1.82, 2.24) is 9.88 Å². The third-order valence-corrected chi connectivity index (χ3v) is 7.64. The minimum absolute atomic E-state index is 0.0651. The van der Waals surface area contributed by atoms with Gasteiger partial charge in [0.25, 0.3) is 11.8 Å². The normalized spacial score (nSPS) is 15.8. The Morgan fingerprint density at radius 2 is 1.95 bits per heavy atom. The van der Waals surface area contributed by atoms with Gasteiger partial charge in [-0.2, -0.15) is 0 Å². The Morgan fingerprint density at radius 1 is 1.16 bits per heavy atom. The second-order valence-electron chi connectivity index (χ2n) is 9.53. The van der Waals surface area contributed by atoms with E-state index in [1.54, 1.807) is 28.5 Å². The molecule has 0 aliphatic carbocycles. The molecule has 0 saturated carbocycles. The molecule has 2 aliphatic rings. The van der Waals surface area contributed by atoms with Crippen LogP contribution in [0.15, 0.2) is 47.8 Å². The number of hydrogen-bond donors (Lipinski definition) is 0. The number of carbonyl (C=O) groups excluding carboxylic acids is 3. The molecule has 0 radical (unpaired) electrons. The van der Waals surface area contributed by atoms with E-state index in [0.29, 0.717) is 39.4 Å². The van der Waals surface area contributed by atoms with Crippen LogP contribution in [0.25, 0.3) is 0 Å². The van der Waals surface area contributed by atoms with E-state index < -0.39 is 0 Å². The van der Waals surface area contributed by atoms with Crippen molar-refractivity contribution in [2.45, 2.75) is 33.2 Å². The van der Waals surface area contributed by atoms with Crippen molar-refractivity contribution in [2.24, 2.45) is 5.92 Å². The van der Waals surface area contributed by atoms with Crippen LogP contribution in [0, 0.1) is 12.8 Å². The molecule has 37 heavy (non-hydrogen) atoms. The van der Waals surface area contributed by atoms with Gasteiger partial charge in [0.1, 0.15) is 22.2 Å². The molecular weight excluding hydrogens is 490 g/mol. The quantitative estimate of drug-likeness (QED) is 0.427. The smallest absolute Gasteiger partial charge is 0.273 e. The number of nitrogens with zero attached hydrogens (tertiary/aromatic N) is 3. The number of anilines is 1. The van der Waals surface area contributed by atoms with Crippen molar-refractivity contribution in [3.8, 4) is 11.5 Å². The molecule has 192 valence electrons. The Labute approximate surface area is 219 Å². The van der Waals surface area contributed by atoms with Crippen molar-refractivity contribution in [1.29, 1.82) is 0 Å². The van der Waals surface area contributed by atoms with Crippen molar-refractivity contribution in [3.05, 3.63) is 69.7 Å². The van der Waals surface area contributed by atoms with Crippen molar-refractivity contribution in [3.63, 3.8) is 0 Å². The maximum absolute atomic E-state index is 12.9. The lowest BCUT2D eigenvalue weighted by Crippen LogP contribution is -2.39. The van der Waals surface area contributed by atoms with Crippen molar-refractivity contribution >= 4 is 34.6 Å². The summed E-state index contributed by atoms with van der Waals surface area (Å²) in [5.41, 5.74) is 2.28. The van der Waals surface area contributed by atoms with Gasteiger partial charge in [-0.3, -0.25) is 19.3 Å². The van der Waals surface area contributed by atoms with E-state index in [4.69, 9.17) is 9.47 Å². The molecule has 2 amide bonds. The molecule has 5 rings (SSSR count). The summed E-state index contributed by atoms with van der Waals surface area (Å²) in [7, 11) is 0. The van der Waals surface area contributed by atoms with Crippen LogP contribution < -0.4 is 14.4 Å². The first-order valence-corrected chi connectivity index (χ1v) is 13.3. The number of Topliss-reactive ketones (excluding diaryl/α,β-unsaturated/α-hetero) is 1. The molecule has 0 bridgehead atoms. The Kier molecular flexibility index (Phi) is 7.23. The molecule has 0 spiro atoms. The van der Waals surface area contributed by atoms with Gasteiger partial charge < -0.3 is 14.4 Å². The van der Waals surface area contributed by atoms with Gasteiger partial charge in [-0.05, 0) is 55.5 Å². The Balaban J connectivity index is 1.30. The first kappa shape index (κ1) is 25.0. The predicted octanol–water partition coefficient (Wildman–Crippen LogP) is 4.51. The Hall–Kier alpha value is -3.72. The zero-order valence-electron chi connectivity index (χ0n) is 20.9. The third-order valence-electron chi connectivity index (χ3n) is 6.81. The zero-order chi connectivity index (χ0) is 25.9. The summed E-state index contributed by atoms with van der Waals surface area (Å²) in [4.78, 5) is 46.5. The van der Waals surface area contributed by atoms with Crippen LogP contribution >= 0.6 is 11.3 Å². The molecule has 0 unspecified atom stereocenters. The van der Waals surface area contributed by atoms with E-state index >= 15 is 0 Å². The van der Waals surface area contributed by atoms with Crippen LogP contribution in [0.2, 0.25) is 0 Å². The molecule has 1 aromatic heterocycles. The highest BCUT2D eigenvalue weighted by atomic mass is 32.1. The van der Waals surface area contributed by atoms with Crippen LogP contribution in [0.1, 0.15) is 51.2 Å². The number of carbonyl (C=O) groups is 3. The average molecular weight is 520 g/mol. The highest BCUT2D eigenvalue weighted by Crippen LogP contribution is 2.35. The van der Waals surface area contributed by atoms with E-state index in [1.165, 1.54) is 11.3 Å². The Morgan fingerprint density at radius 3 is 2.73 bits per heavy atom. The standard InChI is InChI=1S/C28H29N3O5S/c1-18-9-11-30(12-10-18)28(34)21-17-37-26(29-21)14-31-22-13-20(7-8-25(22)36-16-27(31)33)23(32)15-35-24-6-4-3-5-19(24)2/h3-8,13,17-18H,9-12,14-16H2,1-2H3. The van der Waals surface area contributed by atoms with Gasteiger partial charge in [-0.1, -0.05) is 25.1 Å². The number of aromatic nitrogens is 1. The van der Waals surface area contributed by atoms with Gasteiger partial charge in [0.05, 0.1) is 12.2 Å². The lowest BCUT2D eigenvalue weighted by Gasteiger charge is -2.30. The van der Waals surface area contributed by atoms with Crippen LogP contribution in [-0.4, -0.2) is 53.8 Å². The number of ketones is 1. The number of aryl methyl sites for hydroxylation is 1. The van der Waals surface area contributed by atoms with Crippen LogP contribution in [0.5, 0.6) is 11.5 Å². The highest BCUT2D eigenvalue weighted by molar-refractivity contribution is 7.09.